The maximum atomic E-state index is 12.5. The van der Waals surface area contributed by atoms with Gasteiger partial charge < -0.3 is 19.3 Å². The molecule has 2 heterocycles. The number of hydrogen-bond acceptors (Lipinski definition) is 4. The highest BCUT2D eigenvalue weighted by molar-refractivity contribution is 5.94. The molecule has 1 aromatic carbocycles. The molecule has 0 aromatic heterocycles. The van der Waals surface area contributed by atoms with Crippen LogP contribution in [0.2, 0.25) is 0 Å². The van der Waals surface area contributed by atoms with Crippen LogP contribution >= 0.6 is 0 Å². The predicted octanol–water partition coefficient (Wildman–Crippen LogP) is 0.385. The highest BCUT2D eigenvalue weighted by Crippen LogP contribution is 2.24. The van der Waals surface area contributed by atoms with Crippen LogP contribution in [0, 0.1) is 0 Å². The van der Waals surface area contributed by atoms with E-state index < -0.39 is 0 Å². The Bertz CT molecular complexity index is 548. The lowest BCUT2D eigenvalue weighted by Crippen LogP contribution is -2.54. The monoisotopic (exact) mass is 304 g/mol. The van der Waals surface area contributed by atoms with Gasteiger partial charge >= 0.3 is 0 Å². The summed E-state index contributed by atoms with van der Waals surface area (Å²) in [5.41, 5.74) is 0.663. The van der Waals surface area contributed by atoms with Crippen molar-refractivity contribution < 1.29 is 19.1 Å². The van der Waals surface area contributed by atoms with Crippen LogP contribution in [-0.2, 0) is 14.3 Å². The summed E-state index contributed by atoms with van der Waals surface area (Å²) in [6.45, 7) is 2.13. The Kier molecular flexibility index (Phi) is 4.40. The Morgan fingerprint density at radius 1 is 1.32 bits per heavy atom. The van der Waals surface area contributed by atoms with Crippen molar-refractivity contribution in [2.24, 2.45) is 0 Å². The van der Waals surface area contributed by atoms with Gasteiger partial charge in [-0.1, -0.05) is 18.2 Å². The number of carbonyl (C=O) groups excluding carboxylic acids is 2. The predicted molar refractivity (Wildman–Crippen MR) is 79.5 cm³/mol. The number of likely N-dealkylation sites (tertiary alicyclic amines) is 1. The number of nitrogens with zero attached hydrogens (tertiary/aromatic N) is 2. The van der Waals surface area contributed by atoms with E-state index in [-0.39, 0.29) is 30.6 Å². The summed E-state index contributed by atoms with van der Waals surface area (Å²) in [6, 6.07) is 9.11. The topological polar surface area (TPSA) is 59.1 Å². The fourth-order valence-electron chi connectivity index (χ4n) is 3.08. The molecule has 0 N–H and O–H groups in total. The molecule has 6 heteroatoms. The summed E-state index contributed by atoms with van der Waals surface area (Å²) in [5.74, 6) is -0.0509. The quantitative estimate of drug-likeness (QED) is 0.807. The highest BCUT2D eigenvalue weighted by Gasteiger charge is 2.44. The molecular formula is C16H20N2O4. The second-order valence-electron chi connectivity index (χ2n) is 5.57. The number of morpholine rings is 1. The third-order valence-electron chi connectivity index (χ3n) is 4.22. The molecule has 22 heavy (non-hydrogen) atoms. The molecule has 0 spiro atoms. The summed E-state index contributed by atoms with van der Waals surface area (Å²) in [4.78, 5) is 28.1. The Hall–Kier alpha value is -1.92. The molecule has 0 bridgehead atoms. The van der Waals surface area contributed by atoms with Gasteiger partial charge in [-0.05, 0) is 12.1 Å². The van der Waals surface area contributed by atoms with E-state index in [4.69, 9.17) is 9.47 Å². The molecule has 6 nitrogen and oxygen atoms in total. The molecule has 118 valence electrons. The van der Waals surface area contributed by atoms with Crippen molar-refractivity contribution in [2.75, 3.05) is 40.0 Å². The Morgan fingerprint density at radius 3 is 2.82 bits per heavy atom. The fourth-order valence-corrected chi connectivity index (χ4v) is 3.08. The van der Waals surface area contributed by atoms with Crippen molar-refractivity contribution in [1.29, 1.82) is 0 Å². The van der Waals surface area contributed by atoms with E-state index >= 15 is 0 Å². The van der Waals surface area contributed by atoms with Gasteiger partial charge in [-0.3, -0.25) is 9.59 Å². The standard InChI is InChI=1S/C16H20N2O4/c1-21-8-7-18-13-9-17(10-14(13)22-11-15(18)19)16(20)12-5-3-2-4-6-12/h2-6,13-14H,7-11H2,1H3/t13-,14+/m1/s1. The lowest BCUT2D eigenvalue weighted by molar-refractivity contribution is -0.153. The van der Waals surface area contributed by atoms with Crippen LogP contribution in [0.25, 0.3) is 0 Å². The highest BCUT2D eigenvalue weighted by atomic mass is 16.5. The van der Waals surface area contributed by atoms with E-state index in [1.54, 1.807) is 29.0 Å². The molecule has 2 aliphatic rings. The number of amides is 2. The number of methoxy groups -OCH3 is 1. The minimum absolute atomic E-state index is 0.0160. The van der Waals surface area contributed by atoms with Crippen molar-refractivity contribution in [3.63, 3.8) is 0 Å². The second-order valence-corrected chi connectivity index (χ2v) is 5.57. The zero-order valence-corrected chi connectivity index (χ0v) is 12.6. The molecule has 0 radical (unpaired) electrons. The first-order valence-electron chi connectivity index (χ1n) is 7.45. The van der Waals surface area contributed by atoms with E-state index in [2.05, 4.69) is 0 Å². The summed E-state index contributed by atoms with van der Waals surface area (Å²) in [6.07, 6.45) is -0.109. The first-order chi connectivity index (χ1) is 10.7. The molecular weight excluding hydrogens is 284 g/mol. The zero-order chi connectivity index (χ0) is 15.5. The Balaban J connectivity index is 1.72. The normalized spacial score (nSPS) is 24.5. The van der Waals surface area contributed by atoms with Crippen molar-refractivity contribution in [3.8, 4) is 0 Å². The molecule has 0 saturated carbocycles. The third kappa shape index (κ3) is 2.84. The van der Waals surface area contributed by atoms with E-state index in [1.807, 2.05) is 18.2 Å². The van der Waals surface area contributed by atoms with E-state index in [1.165, 1.54) is 0 Å². The summed E-state index contributed by atoms with van der Waals surface area (Å²) < 4.78 is 10.7. The summed E-state index contributed by atoms with van der Waals surface area (Å²) >= 11 is 0. The molecule has 2 amide bonds. The van der Waals surface area contributed by atoms with Crippen LogP contribution in [0.3, 0.4) is 0 Å². The number of fused-ring (bicyclic) bond motifs is 1. The van der Waals surface area contributed by atoms with Crippen molar-refractivity contribution in [1.82, 2.24) is 9.80 Å². The second kappa shape index (κ2) is 6.46. The molecule has 2 atom stereocenters. The average Bonchev–Trinajstić information content (AvgIpc) is 2.98. The maximum absolute atomic E-state index is 12.5. The van der Waals surface area contributed by atoms with E-state index in [9.17, 15) is 9.59 Å². The molecule has 0 unspecified atom stereocenters. The molecule has 2 saturated heterocycles. The van der Waals surface area contributed by atoms with Crippen LogP contribution < -0.4 is 0 Å². The molecule has 1 aromatic rings. The minimum atomic E-state index is -0.109. The van der Waals surface area contributed by atoms with Gasteiger partial charge in [0.15, 0.2) is 0 Å². The molecule has 2 fully saturated rings. The minimum Gasteiger partial charge on any atom is -0.383 e. The lowest BCUT2D eigenvalue weighted by atomic mass is 10.1. The average molecular weight is 304 g/mol. The number of benzene rings is 1. The van der Waals surface area contributed by atoms with E-state index in [0.717, 1.165) is 0 Å². The third-order valence-corrected chi connectivity index (χ3v) is 4.22. The molecule has 3 rings (SSSR count). The summed E-state index contributed by atoms with van der Waals surface area (Å²) in [5, 5.41) is 0. The van der Waals surface area contributed by atoms with Gasteiger partial charge in [-0.2, -0.15) is 0 Å². The molecule has 2 aliphatic heterocycles. The van der Waals surface area contributed by atoms with Crippen LogP contribution in [0.4, 0.5) is 0 Å². The van der Waals surface area contributed by atoms with Crippen LogP contribution in [0.15, 0.2) is 30.3 Å². The first kappa shape index (κ1) is 15.0. The molecule has 0 aliphatic carbocycles. The largest absolute Gasteiger partial charge is 0.383 e. The maximum Gasteiger partial charge on any atom is 0.254 e. The number of carbonyl (C=O) groups is 2. The lowest BCUT2D eigenvalue weighted by Gasteiger charge is -2.36. The smallest absolute Gasteiger partial charge is 0.254 e. The van der Waals surface area contributed by atoms with Crippen LogP contribution in [0.1, 0.15) is 10.4 Å². The van der Waals surface area contributed by atoms with Gasteiger partial charge in [0, 0.05) is 32.3 Å². The fraction of sp³-hybridized carbons (Fsp3) is 0.500. The van der Waals surface area contributed by atoms with Crippen LogP contribution in [0.5, 0.6) is 0 Å². The van der Waals surface area contributed by atoms with Crippen molar-refractivity contribution in [2.45, 2.75) is 12.1 Å². The van der Waals surface area contributed by atoms with Crippen LogP contribution in [-0.4, -0.2) is 73.7 Å². The van der Waals surface area contributed by atoms with E-state index in [0.29, 0.717) is 31.8 Å². The van der Waals surface area contributed by atoms with Gasteiger partial charge in [-0.25, -0.2) is 0 Å². The number of hydrogen-bond donors (Lipinski definition) is 0. The van der Waals surface area contributed by atoms with Crippen molar-refractivity contribution >= 4 is 11.8 Å². The zero-order valence-electron chi connectivity index (χ0n) is 12.6. The van der Waals surface area contributed by atoms with Crippen molar-refractivity contribution in [3.05, 3.63) is 35.9 Å². The first-order valence-corrected chi connectivity index (χ1v) is 7.45. The van der Waals surface area contributed by atoms with Gasteiger partial charge in [0.05, 0.1) is 18.8 Å². The summed E-state index contributed by atoms with van der Waals surface area (Å²) in [7, 11) is 1.61. The Morgan fingerprint density at radius 2 is 2.09 bits per heavy atom. The van der Waals surface area contributed by atoms with Gasteiger partial charge in [0.2, 0.25) is 5.91 Å². The van der Waals surface area contributed by atoms with Gasteiger partial charge in [0.25, 0.3) is 5.91 Å². The number of rotatable bonds is 4. The van der Waals surface area contributed by atoms with Gasteiger partial charge in [0.1, 0.15) is 6.61 Å². The van der Waals surface area contributed by atoms with Gasteiger partial charge in [-0.15, -0.1) is 0 Å². The SMILES string of the molecule is COCCN1C(=O)CO[C@H]2CN(C(=O)c3ccccc3)C[C@H]21. The Labute approximate surface area is 129 Å². The number of ether oxygens (including phenoxy) is 2.